The van der Waals surface area contributed by atoms with E-state index in [1.807, 2.05) is 24.3 Å². The van der Waals surface area contributed by atoms with Crippen molar-refractivity contribution in [3.63, 3.8) is 0 Å². The van der Waals surface area contributed by atoms with Crippen molar-refractivity contribution in [2.45, 2.75) is 11.7 Å². The number of benzene rings is 2. The van der Waals surface area contributed by atoms with Gasteiger partial charge in [-0.1, -0.05) is 23.9 Å². The zero-order valence-corrected chi connectivity index (χ0v) is 15.2. The third kappa shape index (κ3) is 4.91. The number of nitro benzene ring substituents is 1. The number of rotatable bonds is 6. The highest BCUT2D eigenvalue weighted by Gasteiger charge is 2.30. The summed E-state index contributed by atoms with van der Waals surface area (Å²) in [4.78, 5) is 22.3. The van der Waals surface area contributed by atoms with E-state index in [4.69, 9.17) is 4.74 Å². The molecule has 2 aromatic rings. The van der Waals surface area contributed by atoms with E-state index in [2.05, 4.69) is 15.5 Å². The van der Waals surface area contributed by atoms with Crippen LogP contribution in [0.5, 0.6) is 5.75 Å². The van der Waals surface area contributed by atoms with Crippen molar-refractivity contribution >= 4 is 34.7 Å². The van der Waals surface area contributed by atoms with Gasteiger partial charge in [0.2, 0.25) is 5.91 Å². The highest BCUT2D eigenvalue weighted by Crippen LogP contribution is 2.24. The van der Waals surface area contributed by atoms with Crippen molar-refractivity contribution in [1.29, 1.82) is 0 Å². The van der Waals surface area contributed by atoms with Crippen LogP contribution in [-0.4, -0.2) is 34.6 Å². The number of carbonyl (C=O) groups is 1. The number of nitro groups is 1. The van der Waals surface area contributed by atoms with Gasteiger partial charge in [-0.25, -0.2) is 0 Å². The van der Waals surface area contributed by atoms with Crippen LogP contribution in [0, 0.1) is 10.1 Å². The molecule has 0 aromatic heterocycles. The van der Waals surface area contributed by atoms with Gasteiger partial charge in [0.05, 0.1) is 23.5 Å². The van der Waals surface area contributed by atoms with E-state index in [-0.39, 0.29) is 16.8 Å². The molecule has 1 atom stereocenters. The van der Waals surface area contributed by atoms with Crippen molar-refractivity contribution in [3.05, 3.63) is 69.8 Å². The smallest absolute Gasteiger partial charge is 0.269 e. The maximum Gasteiger partial charge on any atom is 0.269 e. The summed E-state index contributed by atoms with van der Waals surface area (Å²) < 4.78 is 5.12. The summed E-state index contributed by atoms with van der Waals surface area (Å²) in [6.45, 7) is 0. The molecular weight excluding hydrogens is 368 g/mol. The van der Waals surface area contributed by atoms with Crippen LogP contribution in [0.25, 0.3) is 0 Å². The van der Waals surface area contributed by atoms with Crippen molar-refractivity contribution in [2.75, 3.05) is 7.11 Å². The van der Waals surface area contributed by atoms with Crippen LogP contribution in [0.1, 0.15) is 11.1 Å². The number of amides is 1. The minimum Gasteiger partial charge on any atom is -0.497 e. The number of carbonyl (C=O) groups excluding carboxylic acids is 1. The van der Waals surface area contributed by atoms with E-state index in [1.54, 1.807) is 19.2 Å². The summed E-state index contributed by atoms with van der Waals surface area (Å²) in [7, 11) is 1.61. The Kier molecular flexibility index (Phi) is 5.82. The molecule has 0 aliphatic carbocycles. The second kappa shape index (κ2) is 8.45. The zero-order valence-electron chi connectivity index (χ0n) is 14.4. The van der Waals surface area contributed by atoms with Crippen LogP contribution in [-0.2, 0) is 11.2 Å². The third-order valence-corrected chi connectivity index (χ3v) is 4.89. The first-order chi connectivity index (χ1) is 13.0. The summed E-state index contributed by atoms with van der Waals surface area (Å²) >= 11 is 1.32. The maximum absolute atomic E-state index is 12.1. The molecule has 0 unspecified atom stereocenters. The first-order valence-electron chi connectivity index (χ1n) is 8.01. The average Bonchev–Trinajstić information content (AvgIpc) is 3.02. The minimum absolute atomic E-state index is 0.0125. The molecule has 1 amide bonds. The molecule has 1 heterocycles. The van der Waals surface area contributed by atoms with Crippen molar-refractivity contribution in [1.82, 2.24) is 5.32 Å². The molecule has 0 radical (unpaired) electrons. The first kappa shape index (κ1) is 18.6. The van der Waals surface area contributed by atoms with Gasteiger partial charge in [-0.3, -0.25) is 14.9 Å². The number of nitrogens with zero attached hydrogens (tertiary/aromatic N) is 3. The third-order valence-electron chi connectivity index (χ3n) is 3.82. The molecule has 8 nitrogen and oxygen atoms in total. The summed E-state index contributed by atoms with van der Waals surface area (Å²) in [5.74, 6) is 0.658. The Balaban J connectivity index is 1.59. The predicted octanol–water partition coefficient (Wildman–Crippen LogP) is 2.77. The van der Waals surface area contributed by atoms with Crippen molar-refractivity contribution in [3.8, 4) is 5.75 Å². The summed E-state index contributed by atoms with van der Waals surface area (Å²) in [6, 6.07) is 13.5. The van der Waals surface area contributed by atoms with Gasteiger partial charge in [0.25, 0.3) is 5.69 Å². The Labute approximate surface area is 159 Å². The quantitative estimate of drug-likeness (QED) is 0.468. The van der Waals surface area contributed by atoms with Gasteiger partial charge in [-0.05, 0) is 41.8 Å². The van der Waals surface area contributed by atoms with Crippen molar-refractivity contribution in [2.24, 2.45) is 10.2 Å². The van der Waals surface area contributed by atoms with Crippen molar-refractivity contribution < 1.29 is 14.5 Å². The minimum atomic E-state index is -0.463. The lowest BCUT2D eigenvalue weighted by Crippen LogP contribution is -2.25. The lowest BCUT2D eigenvalue weighted by molar-refractivity contribution is -0.384. The number of ether oxygens (including phenoxy) is 1. The monoisotopic (exact) mass is 384 g/mol. The molecule has 9 heteroatoms. The van der Waals surface area contributed by atoms with E-state index in [0.29, 0.717) is 17.2 Å². The van der Waals surface area contributed by atoms with Crippen LogP contribution in [0.2, 0.25) is 0 Å². The lowest BCUT2D eigenvalue weighted by atomic mass is 10.1. The Morgan fingerprint density at radius 1 is 1.22 bits per heavy atom. The molecule has 0 spiro atoms. The van der Waals surface area contributed by atoms with E-state index in [0.717, 1.165) is 11.3 Å². The SMILES string of the molecule is COc1ccc(C[C@@H]2S/C(=N\N=C\c3ccc([N+](=O)[O-])cc3)NC2=O)cc1. The Hall–Kier alpha value is -3.20. The Morgan fingerprint density at radius 3 is 2.56 bits per heavy atom. The summed E-state index contributed by atoms with van der Waals surface area (Å²) in [6.07, 6.45) is 2.05. The maximum atomic E-state index is 12.1. The van der Waals surface area contributed by atoms with Crippen LogP contribution in [0.15, 0.2) is 58.7 Å². The van der Waals surface area contributed by atoms with Gasteiger partial charge < -0.3 is 10.1 Å². The number of non-ortho nitro benzene ring substituents is 1. The second-order valence-electron chi connectivity index (χ2n) is 5.65. The molecule has 1 aliphatic heterocycles. The van der Waals surface area contributed by atoms with Gasteiger partial charge in [-0.2, -0.15) is 5.10 Å². The molecular formula is C18H16N4O4S. The number of hydrogen-bond acceptors (Lipinski definition) is 7. The molecule has 0 saturated carbocycles. The largest absolute Gasteiger partial charge is 0.497 e. The van der Waals surface area contributed by atoms with E-state index >= 15 is 0 Å². The summed E-state index contributed by atoms with van der Waals surface area (Å²) in [5.41, 5.74) is 1.71. The molecule has 1 fully saturated rings. The first-order valence-corrected chi connectivity index (χ1v) is 8.89. The normalized spacial score (nSPS) is 18.0. The molecule has 3 rings (SSSR count). The summed E-state index contributed by atoms with van der Waals surface area (Å²) in [5, 5.41) is 21.4. The van der Waals surface area contributed by atoms with Crippen LogP contribution < -0.4 is 10.1 Å². The number of thioether (sulfide) groups is 1. The molecule has 27 heavy (non-hydrogen) atoms. The van der Waals surface area contributed by atoms with Crippen LogP contribution in [0.4, 0.5) is 5.69 Å². The predicted molar refractivity (Wildman–Crippen MR) is 104 cm³/mol. The van der Waals surface area contributed by atoms with Gasteiger partial charge in [0, 0.05) is 12.1 Å². The fourth-order valence-corrected chi connectivity index (χ4v) is 3.36. The van der Waals surface area contributed by atoms with Gasteiger partial charge in [0.1, 0.15) is 5.75 Å². The van der Waals surface area contributed by atoms with Gasteiger partial charge in [-0.15, -0.1) is 5.10 Å². The second-order valence-corrected chi connectivity index (χ2v) is 6.84. The Bertz CT molecular complexity index is 895. The standard InChI is InChI=1S/C18H16N4O4S/c1-26-15-8-4-12(5-9-15)10-16-17(23)20-18(27-16)21-19-11-13-2-6-14(7-3-13)22(24)25/h2-9,11,16H,10H2,1H3,(H,20,21,23)/b19-11+/t16-/m0/s1. The van der Waals surface area contributed by atoms with Crippen LogP contribution in [0.3, 0.4) is 0 Å². The molecule has 1 saturated heterocycles. The van der Waals surface area contributed by atoms with E-state index in [9.17, 15) is 14.9 Å². The molecule has 0 bridgehead atoms. The number of amidine groups is 1. The molecule has 1 aliphatic rings. The average molecular weight is 384 g/mol. The lowest BCUT2D eigenvalue weighted by Gasteiger charge is -2.06. The van der Waals surface area contributed by atoms with E-state index in [1.165, 1.54) is 30.1 Å². The van der Waals surface area contributed by atoms with Crippen LogP contribution >= 0.6 is 11.8 Å². The van der Waals surface area contributed by atoms with E-state index < -0.39 is 4.92 Å². The molecule has 138 valence electrons. The molecule has 2 aromatic carbocycles. The Morgan fingerprint density at radius 2 is 1.93 bits per heavy atom. The van der Waals surface area contributed by atoms with Gasteiger partial charge >= 0.3 is 0 Å². The number of nitrogens with one attached hydrogen (secondary N) is 1. The van der Waals surface area contributed by atoms with Gasteiger partial charge in [0.15, 0.2) is 5.17 Å². The zero-order chi connectivity index (χ0) is 19.2. The highest BCUT2D eigenvalue weighted by molar-refractivity contribution is 8.15. The molecule has 1 N–H and O–H groups in total. The number of methoxy groups -OCH3 is 1. The fourth-order valence-electron chi connectivity index (χ4n) is 2.39. The topological polar surface area (TPSA) is 106 Å². The number of hydrogen-bond donors (Lipinski definition) is 1. The fraction of sp³-hybridized carbons (Fsp3) is 0.167. The highest BCUT2D eigenvalue weighted by atomic mass is 32.2.